The second kappa shape index (κ2) is 15.1. The molecule has 1 aliphatic heterocycles. The minimum absolute atomic E-state index is 0.0245. The number of hydrogen-bond donors (Lipinski definition) is 3. The summed E-state index contributed by atoms with van der Waals surface area (Å²) in [6, 6.07) is 3.76. The third-order valence-corrected chi connectivity index (χ3v) is 9.07. The Kier molecular flexibility index (Phi) is 11.7. The van der Waals surface area contributed by atoms with Gasteiger partial charge in [0.15, 0.2) is 11.9 Å². The monoisotopic (exact) mass is 714 g/mol. The zero-order valence-electron chi connectivity index (χ0n) is 30.8. The quantitative estimate of drug-likeness (QED) is 0.225. The molecule has 2 aromatic rings. The van der Waals surface area contributed by atoms with Gasteiger partial charge in [-0.05, 0) is 70.9 Å². The molecule has 1 saturated carbocycles. The first kappa shape index (κ1) is 39.5. The standard InChI is InChI=1S/C35H50N6O10/c1-32(2,3)26(39-31(46)51-33(4,5)6)29(44)49-25-22(17-48-24(42)16-20-12-10-11-13-20)50-35(18-36,27(25)43)23-15-14-21-28(37-19-38-41(21)23)40-30(45)34(7,8)47-9/h14-15,19-20,22,25-27,43H,10-13,16-17H2,1-9H3,(H,39,46)(H,37,38,40,45)/t22-,25-,26-,27-,35+/m1/s1. The van der Waals surface area contributed by atoms with E-state index in [1.54, 1.807) is 55.4 Å². The Morgan fingerprint density at radius 1 is 1.12 bits per heavy atom. The van der Waals surface area contributed by atoms with Crippen LogP contribution in [-0.2, 0) is 43.7 Å². The number of amides is 2. The summed E-state index contributed by atoms with van der Waals surface area (Å²) in [5.74, 6) is -1.64. The van der Waals surface area contributed by atoms with Crippen molar-refractivity contribution in [3.63, 3.8) is 0 Å². The molecule has 16 nitrogen and oxygen atoms in total. The lowest BCUT2D eigenvalue weighted by molar-refractivity contribution is -0.164. The van der Waals surface area contributed by atoms with Gasteiger partial charge in [0.2, 0.25) is 5.60 Å². The van der Waals surface area contributed by atoms with Crippen molar-refractivity contribution in [2.45, 2.75) is 129 Å². The number of carbonyl (C=O) groups is 4. The van der Waals surface area contributed by atoms with Crippen molar-refractivity contribution >= 4 is 35.3 Å². The van der Waals surface area contributed by atoms with E-state index in [1.165, 1.54) is 23.8 Å². The van der Waals surface area contributed by atoms with Crippen molar-refractivity contribution in [1.29, 1.82) is 5.26 Å². The lowest BCUT2D eigenvalue weighted by atomic mass is 9.86. The van der Waals surface area contributed by atoms with Gasteiger partial charge in [-0.15, -0.1) is 0 Å². The number of aromatic nitrogens is 3. The number of nitriles is 1. The third kappa shape index (κ3) is 8.95. The van der Waals surface area contributed by atoms with Gasteiger partial charge in [-0.25, -0.2) is 19.1 Å². The molecule has 2 aliphatic rings. The van der Waals surface area contributed by atoms with Gasteiger partial charge < -0.3 is 39.4 Å². The Labute approximate surface area is 297 Å². The van der Waals surface area contributed by atoms with Crippen LogP contribution in [0.5, 0.6) is 0 Å². The fourth-order valence-electron chi connectivity index (χ4n) is 6.04. The first-order valence-electron chi connectivity index (χ1n) is 17.0. The van der Waals surface area contributed by atoms with Crippen LogP contribution >= 0.6 is 0 Å². The predicted molar refractivity (Wildman–Crippen MR) is 181 cm³/mol. The number of aliphatic hydroxyl groups is 1. The lowest BCUT2D eigenvalue weighted by Gasteiger charge is -2.32. The first-order chi connectivity index (χ1) is 23.7. The molecule has 5 atom stereocenters. The number of fused-ring (bicyclic) bond motifs is 1. The van der Waals surface area contributed by atoms with Crippen LogP contribution in [0.2, 0.25) is 0 Å². The summed E-state index contributed by atoms with van der Waals surface area (Å²) in [6.45, 7) is 12.9. The van der Waals surface area contributed by atoms with Crippen molar-refractivity contribution < 1.29 is 48.0 Å². The van der Waals surface area contributed by atoms with Gasteiger partial charge in [0.1, 0.15) is 54.0 Å². The summed E-state index contributed by atoms with van der Waals surface area (Å²) < 4.78 is 29.6. The Morgan fingerprint density at radius 3 is 2.37 bits per heavy atom. The van der Waals surface area contributed by atoms with Crippen LogP contribution in [-0.4, -0.2) is 92.9 Å². The smallest absolute Gasteiger partial charge is 0.408 e. The van der Waals surface area contributed by atoms with Gasteiger partial charge in [-0.2, -0.15) is 10.4 Å². The highest BCUT2D eigenvalue weighted by Gasteiger charge is 2.60. The summed E-state index contributed by atoms with van der Waals surface area (Å²) in [5, 5.41) is 32.1. The molecule has 0 spiro atoms. The van der Waals surface area contributed by atoms with Crippen LogP contribution in [0.3, 0.4) is 0 Å². The molecule has 0 aromatic carbocycles. The normalized spacial score (nSPS) is 23.4. The second-order valence-corrected chi connectivity index (χ2v) is 15.6. The average molecular weight is 715 g/mol. The second-order valence-electron chi connectivity index (χ2n) is 15.6. The van der Waals surface area contributed by atoms with Gasteiger partial charge in [0.25, 0.3) is 5.91 Å². The molecule has 1 saturated heterocycles. The molecule has 3 heterocycles. The maximum absolute atomic E-state index is 13.8. The average Bonchev–Trinajstić information content (AvgIpc) is 3.77. The summed E-state index contributed by atoms with van der Waals surface area (Å²) in [7, 11) is 1.39. The number of methoxy groups -OCH3 is 1. The maximum Gasteiger partial charge on any atom is 0.408 e. The molecule has 51 heavy (non-hydrogen) atoms. The van der Waals surface area contributed by atoms with Crippen LogP contribution in [0.15, 0.2) is 18.5 Å². The molecule has 1 aliphatic carbocycles. The van der Waals surface area contributed by atoms with Gasteiger partial charge in [-0.1, -0.05) is 33.6 Å². The summed E-state index contributed by atoms with van der Waals surface area (Å²) >= 11 is 0. The van der Waals surface area contributed by atoms with Crippen LogP contribution < -0.4 is 10.6 Å². The molecule has 280 valence electrons. The molecule has 3 N–H and O–H groups in total. The Hall–Kier alpha value is -4.33. The number of rotatable bonds is 11. The molecular weight excluding hydrogens is 664 g/mol. The summed E-state index contributed by atoms with van der Waals surface area (Å²) in [6.07, 6.45) is -0.309. The van der Waals surface area contributed by atoms with Crippen LogP contribution in [0.25, 0.3) is 5.52 Å². The topological polar surface area (TPSA) is 213 Å². The number of esters is 2. The van der Waals surface area contributed by atoms with Gasteiger partial charge in [0, 0.05) is 13.5 Å². The van der Waals surface area contributed by atoms with Gasteiger partial charge >= 0.3 is 18.0 Å². The summed E-state index contributed by atoms with van der Waals surface area (Å²) in [4.78, 5) is 56.5. The first-order valence-corrected chi connectivity index (χ1v) is 17.0. The molecule has 2 aromatic heterocycles. The number of anilines is 1. The zero-order valence-corrected chi connectivity index (χ0v) is 30.8. The largest absolute Gasteiger partial charge is 0.463 e. The van der Waals surface area contributed by atoms with E-state index in [9.17, 15) is 29.5 Å². The number of hydrogen-bond acceptors (Lipinski definition) is 13. The molecule has 0 unspecified atom stereocenters. The van der Waals surface area contributed by atoms with Crippen LogP contribution in [0.4, 0.5) is 10.6 Å². The zero-order chi connectivity index (χ0) is 37.9. The van der Waals surface area contributed by atoms with Crippen LogP contribution in [0, 0.1) is 22.7 Å². The Morgan fingerprint density at radius 2 is 1.78 bits per heavy atom. The van der Waals surface area contributed by atoms with E-state index in [-0.39, 0.29) is 29.4 Å². The number of alkyl carbamates (subject to hydrolysis) is 1. The van der Waals surface area contributed by atoms with E-state index >= 15 is 0 Å². The van der Waals surface area contributed by atoms with Crippen molar-refractivity contribution in [2.75, 3.05) is 19.0 Å². The summed E-state index contributed by atoms with van der Waals surface area (Å²) in [5.41, 5.74) is -4.86. The number of nitrogens with zero attached hydrogens (tertiary/aromatic N) is 4. The fraction of sp³-hybridized carbons (Fsp3) is 0.686. The highest BCUT2D eigenvalue weighted by molar-refractivity contribution is 5.98. The van der Waals surface area contributed by atoms with Crippen molar-refractivity contribution in [3.8, 4) is 6.07 Å². The van der Waals surface area contributed by atoms with E-state index in [4.69, 9.17) is 23.7 Å². The molecule has 0 bridgehead atoms. The molecule has 4 rings (SSSR count). The van der Waals surface area contributed by atoms with Gasteiger partial charge in [0.05, 0.1) is 5.69 Å². The van der Waals surface area contributed by atoms with Crippen molar-refractivity contribution in [2.24, 2.45) is 11.3 Å². The highest BCUT2D eigenvalue weighted by Crippen LogP contribution is 2.42. The van der Waals surface area contributed by atoms with E-state index in [1.807, 2.05) is 6.07 Å². The highest BCUT2D eigenvalue weighted by atomic mass is 16.6. The maximum atomic E-state index is 13.8. The minimum Gasteiger partial charge on any atom is -0.463 e. The van der Waals surface area contributed by atoms with E-state index in [2.05, 4.69) is 20.7 Å². The molecule has 0 radical (unpaired) electrons. The molecule has 16 heteroatoms. The Bertz CT molecular complexity index is 1650. The van der Waals surface area contributed by atoms with E-state index < -0.39 is 77.1 Å². The Balaban J connectivity index is 1.69. The van der Waals surface area contributed by atoms with Crippen LogP contribution in [0.1, 0.15) is 93.2 Å². The number of aliphatic hydroxyl groups excluding tert-OH is 1. The third-order valence-electron chi connectivity index (χ3n) is 9.07. The fourth-order valence-corrected chi connectivity index (χ4v) is 6.04. The van der Waals surface area contributed by atoms with Crippen molar-refractivity contribution in [3.05, 3.63) is 24.2 Å². The van der Waals surface area contributed by atoms with E-state index in [0.717, 1.165) is 32.0 Å². The molecular formula is C35H50N6O10. The SMILES string of the molecule is COC(C)(C)C(=O)Nc1ncnn2c([C@]3(C#N)O[C@H](COC(=O)CC4CCCC4)[C@@H](OC(=O)[C@@H](NC(=O)OC(C)(C)C)C(C)(C)C)[C@H]3O)ccc12. The lowest BCUT2D eigenvalue weighted by Crippen LogP contribution is -2.53. The van der Waals surface area contributed by atoms with Crippen molar-refractivity contribution in [1.82, 2.24) is 19.9 Å². The minimum atomic E-state index is -2.21. The number of nitrogens with one attached hydrogen (secondary N) is 2. The predicted octanol–water partition coefficient (Wildman–Crippen LogP) is 3.55. The number of ether oxygens (including phenoxy) is 5. The molecule has 2 amide bonds. The van der Waals surface area contributed by atoms with E-state index in [0.29, 0.717) is 0 Å². The van der Waals surface area contributed by atoms with Gasteiger partial charge in [-0.3, -0.25) is 9.59 Å². The molecule has 2 fully saturated rings. The number of carbonyl (C=O) groups excluding carboxylic acids is 4.